The Morgan fingerprint density at radius 2 is 2.05 bits per heavy atom. The fraction of sp³-hybridized carbons (Fsp3) is 0.429. The van der Waals surface area contributed by atoms with Crippen molar-refractivity contribution in [1.29, 1.82) is 0 Å². The number of anilines is 1. The van der Waals surface area contributed by atoms with Crippen LogP contribution in [0.4, 0.5) is 10.5 Å². The molecule has 6 nitrogen and oxygen atoms in total. The van der Waals surface area contributed by atoms with Gasteiger partial charge in [0.2, 0.25) is 0 Å². The van der Waals surface area contributed by atoms with E-state index in [9.17, 15) is 9.59 Å². The largest absolute Gasteiger partial charge is 0.497 e. The molecule has 0 heterocycles. The lowest BCUT2D eigenvalue weighted by atomic mass is 9.99. The molecular formula is C14H19BrN2O4. The van der Waals surface area contributed by atoms with Crippen molar-refractivity contribution in [2.45, 2.75) is 32.2 Å². The number of hydrogen-bond donors (Lipinski definition) is 3. The van der Waals surface area contributed by atoms with Crippen molar-refractivity contribution in [3.05, 3.63) is 22.7 Å². The zero-order chi connectivity index (χ0) is 16.0. The van der Waals surface area contributed by atoms with Gasteiger partial charge < -0.3 is 20.5 Å². The van der Waals surface area contributed by atoms with Crippen molar-refractivity contribution in [2.24, 2.45) is 0 Å². The molecular weight excluding hydrogens is 340 g/mol. The number of hydrogen-bond acceptors (Lipinski definition) is 3. The third-order valence-electron chi connectivity index (χ3n) is 2.84. The first-order chi connectivity index (χ1) is 9.73. The third-order valence-corrected chi connectivity index (χ3v) is 3.50. The first kappa shape index (κ1) is 17.3. The van der Waals surface area contributed by atoms with E-state index in [1.807, 2.05) is 0 Å². The fourth-order valence-corrected chi connectivity index (χ4v) is 2.12. The van der Waals surface area contributed by atoms with Crippen LogP contribution in [0.3, 0.4) is 0 Å². The van der Waals surface area contributed by atoms with Crippen molar-refractivity contribution >= 4 is 33.6 Å². The van der Waals surface area contributed by atoms with Gasteiger partial charge in [-0.15, -0.1) is 0 Å². The molecule has 0 saturated heterocycles. The molecule has 1 rings (SSSR count). The van der Waals surface area contributed by atoms with Gasteiger partial charge in [0.05, 0.1) is 12.8 Å². The van der Waals surface area contributed by atoms with Gasteiger partial charge in [-0.3, -0.25) is 4.79 Å². The molecule has 0 bridgehead atoms. The van der Waals surface area contributed by atoms with Gasteiger partial charge in [0.1, 0.15) is 5.75 Å². The van der Waals surface area contributed by atoms with E-state index >= 15 is 0 Å². The van der Waals surface area contributed by atoms with Crippen LogP contribution in [0.25, 0.3) is 0 Å². The van der Waals surface area contributed by atoms with E-state index in [4.69, 9.17) is 9.84 Å². The average Bonchev–Trinajstić information content (AvgIpc) is 2.38. The minimum absolute atomic E-state index is 0.000486. The summed E-state index contributed by atoms with van der Waals surface area (Å²) in [6, 6.07) is 4.80. The molecule has 0 aliphatic carbocycles. The van der Waals surface area contributed by atoms with Gasteiger partial charge >= 0.3 is 12.0 Å². The third kappa shape index (κ3) is 6.03. The highest BCUT2D eigenvalue weighted by Gasteiger charge is 2.21. The number of benzene rings is 1. The van der Waals surface area contributed by atoms with Gasteiger partial charge in [0, 0.05) is 16.4 Å². The molecule has 116 valence electrons. The van der Waals surface area contributed by atoms with Crippen LogP contribution in [0.15, 0.2) is 22.7 Å². The second kappa shape index (κ2) is 7.31. The van der Waals surface area contributed by atoms with Gasteiger partial charge in [0.25, 0.3) is 0 Å². The average molecular weight is 359 g/mol. The summed E-state index contributed by atoms with van der Waals surface area (Å²) in [7, 11) is 1.56. The first-order valence-electron chi connectivity index (χ1n) is 6.38. The number of carboxylic acids is 1. The molecule has 0 saturated carbocycles. The van der Waals surface area contributed by atoms with E-state index in [1.165, 1.54) is 0 Å². The molecule has 2 amide bonds. The summed E-state index contributed by atoms with van der Waals surface area (Å²) in [5, 5.41) is 14.1. The molecule has 0 spiro atoms. The topological polar surface area (TPSA) is 87.7 Å². The Morgan fingerprint density at radius 3 is 2.57 bits per heavy atom. The number of carbonyl (C=O) groups excluding carboxylic acids is 1. The van der Waals surface area contributed by atoms with Crippen LogP contribution in [0.1, 0.15) is 26.7 Å². The lowest BCUT2D eigenvalue weighted by Gasteiger charge is -2.25. The Kier molecular flexibility index (Phi) is 6.02. The number of nitrogens with one attached hydrogen (secondary N) is 2. The minimum atomic E-state index is -0.886. The second-order valence-corrected chi connectivity index (χ2v) is 6.06. The van der Waals surface area contributed by atoms with E-state index in [0.29, 0.717) is 22.3 Å². The Bertz CT molecular complexity index is 532. The maximum absolute atomic E-state index is 12.0. The summed E-state index contributed by atoms with van der Waals surface area (Å²) < 4.78 is 5.77. The van der Waals surface area contributed by atoms with Gasteiger partial charge in [-0.1, -0.05) is 0 Å². The smallest absolute Gasteiger partial charge is 0.319 e. The van der Waals surface area contributed by atoms with E-state index in [0.717, 1.165) is 0 Å². The normalized spacial score (nSPS) is 10.9. The number of halogens is 1. The molecule has 0 fully saturated rings. The molecule has 7 heteroatoms. The van der Waals surface area contributed by atoms with E-state index in [-0.39, 0.29) is 6.42 Å². The summed E-state index contributed by atoms with van der Waals surface area (Å²) >= 11 is 3.35. The van der Waals surface area contributed by atoms with Gasteiger partial charge in [-0.25, -0.2) is 4.79 Å². The summed E-state index contributed by atoms with van der Waals surface area (Å²) in [6.07, 6.45) is 0.346. The maximum Gasteiger partial charge on any atom is 0.319 e. The molecule has 0 aliphatic rings. The summed E-state index contributed by atoms with van der Waals surface area (Å²) in [5.74, 6) is -0.210. The molecule has 1 aromatic rings. The quantitative estimate of drug-likeness (QED) is 0.728. The highest BCUT2D eigenvalue weighted by atomic mass is 79.9. The van der Waals surface area contributed by atoms with Crippen LogP contribution in [0.5, 0.6) is 5.75 Å². The van der Waals surface area contributed by atoms with E-state index in [1.54, 1.807) is 39.2 Å². The van der Waals surface area contributed by atoms with Crippen LogP contribution in [0, 0.1) is 0 Å². The molecule has 0 unspecified atom stereocenters. The van der Waals surface area contributed by atoms with Crippen LogP contribution in [0.2, 0.25) is 0 Å². The van der Waals surface area contributed by atoms with Crippen LogP contribution in [-0.2, 0) is 4.79 Å². The van der Waals surface area contributed by atoms with Crippen LogP contribution < -0.4 is 15.4 Å². The molecule has 3 N–H and O–H groups in total. The number of carbonyl (C=O) groups is 2. The number of amides is 2. The van der Waals surface area contributed by atoms with Crippen LogP contribution >= 0.6 is 15.9 Å². The second-order valence-electron chi connectivity index (χ2n) is 5.20. The Hall–Kier alpha value is -1.76. The lowest BCUT2D eigenvalue weighted by Crippen LogP contribution is -2.45. The number of ether oxygens (including phenoxy) is 1. The van der Waals surface area contributed by atoms with Crippen molar-refractivity contribution in [3.8, 4) is 5.75 Å². The van der Waals surface area contributed by atoms with Crippen LogP contribution in [-0.4, -0.2) is 29.8 Å². The monoisotopic (exact) mass is 358 g/mol. The summed E-state index contributed by atoms with van der Waals surface area (Å²) in [4.78, 5) is 22.5. The fourth-order valence-electron chi connectivity index (χ4n) is 1.67. The number of aliphatic carboxylic acids is 1. The lowest BCUT2D eigenvalue weighted by molar-refractivity contribution is -0.137. The summed E-state index contributed by atoms with van der Waals surface area (Å²) in [6.45, 7) is 3.55. The maximum atomic E-state index is 12.0. The molecule has 0 radical (unpaired) electrons. The summed E-state index contributed by atoms with van der Waals surface area (Å²) in [5.41, 5.74) is -0.0103. The number of methoxy groups -OCH3 is 1. The predicted octanol–water partition coefficient (Wildman–Crippen LogP) is 3.22. The molecule has 0 atom stereocenters. The molecule has 21 heavy (non-hydrogen) atoms. The first-order valence-corrected chi connectivity index (χ1v) is 7.17. The zero-order valence-electron chi connectivity index (χ0n) is 12.2. The van der Waals surface area contributed by atoms with Crippen molar-refractivity contribution in [2.75, 3.05) is 12.4 Å². The van der Waals surface area contributed by atoms with Gasteiger partial charge in [-0.2, -0.15) is 0 Å². The van der Waals surface area contributed by atoms with E-state index in [2.05, 4.69) is 26.6 Å². The van der Waals surface area contributed by atoms with E-state index < -0.39 is 17.5 Å². The van der Waals surface area contributed by atoms with Crippen molar-refractivity contribution in [1.82, 2.24) is 5.32 Å². The molecule has 1 aromatic carbocycles. The van der Waals surface area contributed by atoms with Crippen molar-refractivity contribution < 1.29 is 19.4 Å². The van der Waals surface area contributed by atoms with Gasteiger partial charge in [0.15, 0.2) is 0 Å². The standard InChI is InChI=1S/C14H19BrN2O4/c1-14(2,7-6-12(18)19)17-13(20)16-11-5-4-9(21-3)8-10(11)15/h4-5,8H,6-7H2,1-3H3,(H,18,19)(H2,16,17,20). The Balaban J connectivity index is 2.63. The zero-order valence-corrected chi connectivity index (χ0v) is 13.8. The number of rotatable bonds is 6. The van der Waals surface area contributed by atoms with Crippen molar-refractivity contribution in [3.63, 3.8) is 0 Å². The predicted molar refractivity (Wildman–Crippen MR) is 83.8 cm³/mol. The Labute approximate surface area is 132 Å². The number of urea groups is 1. The Morgan fingerprint density at radius 1 is 1.38 bits per heavy atom. The molecule has 0 aromatic heterocycles. The van der Waals surface area contributed by atoms with Gasteiger partial charge in [-0.05, 0) is 54.4 Å². The minimum Gasteiger partial charge on any atom is -0.497 e. The highest BCUT2D eigenvalue weighted by molar-refractivity contribution is 9.10. The number of carboxylic acid groups (broad SMARTS) is 1. The molecule has 0 aliphatic heterocycles. The highest BCUT2D eigenvalue weighted by Crippen LogP contribution is 2.27. The SMILES string of the molecule is COc1ccc(NC(=O)NC(C)(C)CCC(=O)O)c(Br)c1.